The molecule has 2 aromatic rings. The molecule has 1 atom stereocenters. The lowest BCUT2D eigenvalue weighted by molar-refractivity contribution is 0.111. The van der Waals surface area contributed by atoms with Gasteiger partial charge in [0.2, 0.25) is 0 Å². The maximum atomic E-state index is 5.98. The normalized spacial score (nSPS) is 18.7. The highest BCUT2D eigenvalue weighted by molar-refractivity contribution is 9.10. The van der Waals surface area contributed by atoms with Crippen LogP contribution in [0, 0.1) is 0 Å². The van der Waals surface area contributed by atoms with Crippen molar-refractivity contribution in [3.63, 3.8) is 0 Å². The van der Waals surface area contributed by atoms with Crippen LogP contribution in [-0.4, -0.2) is 39.6 Å². The fourth-order valence-corrected chi connectivity index (χ4v) is 2.75. The molecule has 1 aliphatic heterocycles. The summed E-state index contributed by atoms with van der Waals surface area (Å²) in [5, 5.41) is 4.14. The lowest BCUT2D eigenvalue weighted by Gasteiger charge is -2.25. The molecule has 1 aliphatic rings. The number of aromatic nitrogens is 4. The molecule has 1 fully saturated rings. The maximum Gasteiger partial charge on any atom is 0.254 e. The van der Waals surface area contributed by atoms with Gasteiger partial charge in [0, 0.05) is 26.0 Å². The first-order chi connectivity index (χ1) is 9.70. The standard InChI is InChI=1S/C12H15BrN6O/c1-20-8-4-2-6-18(8)11-9(13)10(14)16-12(17-11)19-7-3-5-15-19/h3,5,7-8H,2,4,6H2,1H3,(H2,14,16,17)/t8-/m1/s1. The highest BCUT2D eigenvalue weighted by Gasteiger charge is 2.28. The summed E-state index contributed by atoms with van der Waals surface area (Å²) in [6.07, 6.45) is 5.51. The van der Waals surface area contributed by atoms with Gasteiger partial charge in [0.25, 0.3) is 5.95 Å². The molecular weight excluding hydrogens is 324 g/mol. The van der Waals surface area contributed by atoms with Gasteiger partial charge in [-0.15, -0.1) is 0 Å². The summed E-state index contributed by atoms with van der Waals surface area (Å²) >= 11 is 3.47. The Hall–Kier alpha value is -1.67. The Bertz CT molecular complexity index is 602. The molecule has 106 valence electrons. The zero-order valence-electron chi connectivity index (χ0n) is 11.0. The van der Waals surface area contributed by atoms with E-state index in [0.29, 0.717) is 16.2 Å². The van der Waals surface area contributed by atoms with Crippen LogP contribution < -0.4 is 10.6 Å². The second-order valence-electron chi connectivity index (χ2n) is 4.52. The molecule has 8 heteroatoms. The second-order valence-corrected chi connectivity index (χ2v) is 5.32. The van der Waals surface area contributed by atoms with E-state index in [1.807, 2.05) is 6.07 Å². The summed E-state index contributed by atoms with van der Waals surface area (Å²) in [6, 6.07) is 1.81. The molecular formula is C12H15BrN6O. The molecule has 7 nitrogen and oxygen atoms in total. The number of hydrogen-bond acceptors (Lipinski definition) is 6. The summed E-state index contributed by atoms with van der Waals surface area (Å²) in [5.41, 5.74) is 5.98. The highest BCUT2D eigenvalue weighted by Crippen LogP contribution is 2.33. The number of methoxy groups -OCH3 is 1. The van der Waals surface area contributed by atoms with E-state index >= 15 is 0 Å². The Morgan fingerprint density at radius 2 is 2.30 bits per heavy atom. The number of ether oxygens (including phenoxy) is 1. The Morgan fingerprint density at radius 1 is 1.45 bits per heavy atom. The smallest absolute Gasteiger partial charge is 0.254 e. The minimum Gasteiger partial charge on any atom is -0.383 e. The molecule has 2 N–H and O–H groups in total. The number of nitrogen functional groups attached to an aromatic ring is 1. The number of rotatable bonds is 3. The van der Waals surface area contributed by atoms with Crippen LogP contribution in [0.25, 0.3) is 5.95 Å². The Balaban J connectivity index is 2.06. The zero-order chi connectivity index (χ0) is 14.1. The van der Waals surface area contributed by atoms with Gasteiger partial charge in [-0.05, 0) is 34.8 Å². The third-order valence-electron chi connectivity index (χ3n) is 3.30. The van der Waals surface area contributed by atoms with E-state index in [0.717, 1.165) is 25.2 Å². The van der Waals surface area contributed by atoms with E-state index in [4.69, 9.17) is 10.5 Å². The summed E-state index contributed by atoms with van der Waals surface area (Å²) in [7, 11) is 1.70. The Labute approximate surface area is 124 Å². The fraction of sp³-hybridized carbons (Fsp3) is 0.417. The SMILES string of the molecule is CO[C@@H]1CCCN1c1nc(-n2cccn2)nc(N)c1Br. The van der Waals surface area contributed by atoms with Crippen molar-refractivity contribution in [2.45, 2.75) is 19.1 Å². The summed E-state index contributed by atoms with van der Waals surface area (Å²) in [5.74, 6) is 1.59. The third-order valence-corrected chi connectivity index (χ3v) is 4.06. The van der Waals surface area contributed by atoms with Crippen LogP contribution in [0.2, 0.25) is 0 Å². The van der Waals surface area contributed by atoms with Crippen molar-refractivity contribution in [1.82, 2.24) is 19.7 Å². The molecule has 2 aromatic heterocycles. The van der Waals surface area contributed by atoms with Gasteiger partial charge in [-0.25, -0.2) is 4.68 Å². The largest absolute Gasteiger partial charge is 0.383 e. The number of halogens is 1. The molecule has 0 saturated carbocycles. The van der Waals surface area contributed by atoms with Crippen LogP contribution >= 0.6 is 15.9 Å². The highest BCUT2D eigenvalue weighted by atomic mass is 79.9. The predicted octanol–water partition coefficient (Wildman–Crippen LogP) is 1.58. The molecule has 0 amide bonds. The van der Waals surface area contributed by atoms with Gasteiger partial charge in [0.1, 0.15) is 16.5 Å². The Morgan fingerprint density at radius 3 is 3.00 bits per heavy atom. The zero-order valence-corrected chi connectivity index (χ0v) is 12.6. The summed E-state index contributed by atoms with van der Waals surface area (Å²) in [6.45, 7) is 0.881. The second kappa shape index (κ2) is 5.37. The van der Waals surface area contributed by atoms with Crippen molar-refractivity contribution in [3.8, 4) is 5.95 Å². The monoisotopic (exact) mass is 338 g/mol. The lowest BCUT2D eigenvalue weighted by Crippen LogP contribution is -2.32. The van der Waals surface area contributed by atoms with Gasteiger partial charge in [-0.1, -0.05) is 0 Å². The van der Waals surface area contributed by atoms with E-state index in [-0.39, 0.29) is 6.23 Å². The first-order valence-electron chi connectivity index (χ1n) is 6.33. The Kier molecular flexibility index (Phi) is 3.58. The van der Waals surface area contributed by atoms with Crippen molar-refractivity contribution >= 4 is 27.6 Å². The van der Waals surface area contributed by atoms with Gasteiger partial charge in [0.05, 0.1) is 0 Å². The number of anilines is 2. The van der Waals surface area contributed by atoms with Crippen molar-refractivity contribution in [2.75, 3.05) is 24.3 Å². The molecule has 1 saturated heterocycles. The minimum atomic E-state index is 0.0195. The molecule has 0 bridgehead atoms. The quantitative estimate of drug-likeness (QED) is 0.914. The van der Waals surface area contributed by atoms with Crippen molar-refractivity contribution < 1.29 is 4.74 Å². The summed E-state index contributed by atoms with van der Waals surface area (Å²) < 4.78 is 7.76. The fourth-order valence-electron chi connectivity index (χ4n) is 2.34. The number of hydrogen-bond donors (Lipinski definition) is 1. The topological polar surface area (TPSA) is 82.1 Å². The average Bonchev–Trinajstić information content (AvgIpc) is 3.11. The van der Waals surface area contributed by atoms with Crippen LogP contribution in [0.5, 0.6) is 0 Å². The van der Waals surface area contributed by atoms with Crippen molar-refractivity contribution in [1.29, 1.82) is 0 Å². The molecule has 0 spiro atoms. The van der Waals surface area contributed by atoms with Gasteiger partial charge in [-0.2, -0.15) is 15.1 Å². The molecule has 0 aliphatic carbocycles. The third kappa shape index (κ3) is 2.25. The predicted molar refractivity (Wildman–Crippen MR) is 78.6 cm³/mol. The lowest BCUT2D eigenvalue weighted by atomic mass is 10.4. The molecule has 3 heterocycles. The average molecular weight is 339 g/mol. The molecule has 0 unspecified atom stereocenters. The van der Waals surface area contributed by atoms with Crippen LogP contribution in [0.3, 0.4) is 0 Å². The van der Waals surface area contributed by atoms with Crippen LogP contribution in [-0.2, 0) is 4.74 Å². The number of nitrogens with zero attached hydrogens (tertiary/aromatic N) is 5. The van der Waals surface area contributed by atoms with Gasteiger partial charge in [0.15, 0.2) is 5.82 Å². The van der Waals surface area contributed by atoms with Crippen LogP contribution in [0.15, 0.2) is 22.9 Å². The first-order valence-corrected chi connectivity index (χ1v) is 7.12. The maximum absolute atomic E-state index is 5.98. The van der Waals surface area contributed by atoms with Gasteiger partial charge >= 0.3 is 0 Å². The van der Waals surface area contributed by atoms with Crippen molar-refractivity contribution in [3.05, 3.63) is 22.9 Å². The van der Waals surface area contributed by atoms with Gasteiger partial charge in [-0.3, -0.25) is 0 Å². The minimum absolute atomic E-state index is 0.0195. The summed E-state index contributed by atoms with van der Waals surface area (Å²) in [4.78, 5) is 10.9. The van der Waals surface area contributed by atoms with E-state index < -0.39 is 0 Å². The van der Waals surface area contributed by atoms with E-state index in [1.165, 1.54) is 0 Å². The molecule has 0 aromatic carbocycles. The van der Waals surface area contributed by atoms with Crippen molar-refractivity contribution in [2.24, 2.45) is 0 Å². The van der Waals surface area contributed by atoms with E-state index in [2.05, 4.69) is 35.9 Å². The molecule has 0 radical (unpaired) electrons. The van der Waals surface area contributed by atoms with Crippen LogP contribution in [0.4, 0.5) is 11.6 Å². The van der Waals surface area contributed by atoms with E-state index in [9.17, 15) is 0 Å². The number of nitrogens with two attached hydrogens (primary N) is 1. The van der Waals surface area contributed by atoms with Gasteiger partial charge < -0.3 is 15.4 Å². The van der Waals surface area contributed by atoms with Crippen LogP contribution in [0.1, 0.15) is 12.8 Å². The van der Waals surface area contributed by atoms with E-state index in [1.54, 1.807) is 24.2 Å². The molecule has 20 heavy (non-hydrogen) atoms. The first kappa shape index (κ1) is 13.3. The molecule has 3 rings (SSSR count).